The van der Waals surface area contributed by atoms with E-state index in [4.69, 9.17) is 0 Å². The Bertz CT molecular complexity index is 843. The minimum absolute atomic E-state index is 0.0131. The Morgan fingerprint density at radius 3 is 2.61 bits per heavy atom. The number of nitrogens with zero attached hydrogens (tertiary/aromatic N) is 3. The highest BCUT2D eigenvalue weighted by Crippen LogP contribution is 2.20. The van der Waals surface area contributed by atoms with E-state index in [9.17, 15) is 4.79 Å². The smallest absolute Gasteiger partial charge is 0.277 e. The molecular formula is C18H24N4O. The van der Waals surface area contributed by atoms with Gasteiger partial charge in [0.15, 0.2) is 0 Å². The topological polar surface area (TPSA) is 53.9 Å². The van der Waals surface area contributed by atoms with Gasteiger partial charge in [0.25, 0.3) is 5.56 Å². The molecule has 0 bridgehead atoms. The summed E-state index contributed by atoms with van der Waals surface area (Å²) in [5, 5.41) is 1.00. The fourth-order valence-corrected chi connectivity index (χ4v) is 3.12. The highest BCUT2D eigenvalue weighted by molar-refractivity contribution is 6.04. The molecule has 2 heterocycles. The quantitative estimate of drug-likeness (QED) is 0.729. The van der Waals surface area contributed by atoms with Crippen LogP contribution < -0.4 is 5.56 Å². The van der Waals surface area contributed by atoms with E-state index in [0.717, 1.165) is 48.9 Å². The number of H-pyrrole nitrogens is 1. The normalized spacial score (nSPS) is 11.8. The van der Waals surface area contributed by atoms with Crippen LogP contribution in [-0.4, -0.2) is 39.1 Å². The first-order valence-electron chi connectivity index (χ1n) is 8.42. The molecule has 23 heavy (non-hydrogen) atoms. The van der Waals surface area contributed by atoms with Crippen LogP contribution in [0.4, 0.5) is 0 Å². The molecule has 0 aliphatic carbocycles. The Hall–Kier alpha value is -2.14. The number of hydrogen-bond donors (Lipinski definition) is 1. The predicted octanol–water partition coefficient (Wildman–Crippen LogP) is 3.00. The van der Waals surface area contributed by atoms with Crippen molar-refractivity contribution < 1.29 is 0 Å². The molecular weight excluding hydrogens is 288 g/mol. The minimum atomic E-state index is 0.0131. The van der Waals surface area contributed by atoms with Crippen LogP contribution in [0.1, 0.15) is 26.7 Å². The molecule has 0 atom stereocenters. The van der Waals surface area contributed by atoms with E-state index in [1.807, 2.05) is 24.3 Å². The number of para-hydroxylation sites is 1. The van der Waals surface area contributed by atoms with Gasteiger partial charge in [-0.2, -0.15) is 0 Å². The lowest BCUT2D eigenvalue weighted by Crippen LogP contribution is -2.32. The molecule has 122 valence electrons. The number of hydrogen-bond acceptors (Lipinski definition) is 3. The van der Waals surface area contributed by atoms with E-state index in [1.54, 1.807) is 10.9 Å². The monoisotopic (exact) mass is 312 g/mol. The summed E-state index contributed by atoms with van der Waals surface area (Å²) in [6, 6.07) is 7.90. The maximum absolute atomic E-state index is 12.7. The Morgan fingerprint density at radius 2 is 1.87 bits per heavy atom. The second kappa shape index (κ2) is 6.96. The van der Waals surface area contributed by atoms with Crippen LogP contribution >= 0.6 is 0 Å². The molecule has 0 radical (unpaired) electrons. The lowest BCUT2D eigenvalue weighted by molar-refractivity contribution is 0.262. The molecule has 2 aromatic heterocycles. The summed E-state index contributed by atoms with van der Waals surface area (Å²) in [6.07, 6.45) is 3.95. The fourth-order valence-electron chi connectivity index (χ4n) is 3.12. The highest BCUT2D eigenvalue weighted by atomic mass is 16.1. The number of aromatic nitrogens is 3. The van der Waals surface area contributed by atoms with Gasteiger partial charge in [-0.25, -0.2) is 4.98 Å². The zero-order valence-corrected chi connectivity index (χ0v) is 13.9. The van der Waals surface area contributed by atoms with Gasteiger partial charge < -0.3 is 9.88 Å². The predicted molar refractivity (Wildman–Crippen MR) is 94.9 cm³/mol. The molecule has 0 fully saturated rings. The Balaban J connectivity index is 1.88. The first-order valence-corrected chi connectivity index (χ1v) is 8.42. The Morgan fingerprint density at radius 1 is 1.13 bits per heavy atom. The molecule has 0 aliphatic heterocycles. The Labute approximate surface area is 135 Å². The molecule has 1 N–H and O–H groups in total. The third-order valence-electron chi connectivity index (χ3n) is 4.22. The number of fused-ring (bicyclic) bond motifs is 3. The summed E-state index contributed by atoms with van der Waals surface area (Å²) in [6.45, 7) is 8.08. The summed E-state index contributed by atoms with van der Waals surface area (Å²) in [4.78, 5) is 22.8. The van der Waals surface area contributed by atoms with Gasteiger partial charge in [0.05, 0.1) is 6.33 Å². The van der Waals surface area contributed by atoms with Crippen molar-refractivity contribution in [1.82, 2.24) is 19.4 Å². The van der Waals surface area contributed by atoms with E-state index in [0.29, 0.717) is 12.1 Å². The minimum Gasteiger partial charge on any atom is -0.349 e. The van der Waals surface area contributed by atoms with Gasteiger partial charge in [0.1, 0.15) is 11.0 Å². The zero-order valence-electron chi connectivity index (χ0n) is 13.9. The van der Waals surface area contributed by atoms with Gasteiger partial charge in [0.2, 0.25) is 0 Å². The van der Waals surface area contributed by atoms with Gasteiger partial charge >= 0.3 is 0 Å². The average Bonchev–Trinajstić information content (AvgIpc) is 2.94. The van der Waals surface area contributed by atoms with Crippen molar-refractivity contribution in [3.05, 3.63) is 40.9 Å². The maximum Gasteiger partial charge on any atom is 0.277 e. The first kappa shape index (κ1) is 15.7. The maximum atomic E-state index is 12.7. The van der Waals surface area contributed by atoms with Crippen LogP contribution in [0.2, 0.25) is 0 Å². The molecule has 3 aromatic rings. The summed E-state index contributed by atoms with van der Waals surface area (Å²) >= 11 is 0. The number of nitrogens with one attached hydrogen (secondary N) is 1. The fraction of sp³-hybridized carbons (Fsp3) is 0.444. The summed E-state index contributed by atoms with van der Waals surface area (Å²) in [5.74, 6) is 0. The third-order valence-corrected chi connectivity index (χ3v) is 4.22. The van der Waals surface area contributed by atoms with Crippen molar-refractivity contribution >= 4 is 21.9 Å². The summed E-state index contributed by atoms with van der Waals surface area (Å²) < 4.78 is 1.72. The largest absolute Gasteiger partial charge is 0.349 e. The molecule has 0 unspecified atom stereocenters. The molecule has 1 aromatic carbocycles. The van der Waals surface area contributed by atoms with Gasteiger partial charge in [-0.15, -0.1) is 0 Å². The third kappa shape index (κ3) is 3.15. The van der Waals surface area contributed by atoms with Crippen molar-refractivity contribution in [2.45, 2.75) is 33.2 Å². The van der Waals surface area contributed by atoms with Crippen molar-refractivity contribution in [2.75, 3.05) is 19.6 Å². The molecule has 5 heteroatoms. The van der Waals surface area contributed by atoms with E-state index in [1.165, 1.54) is 0 Å². The SMILES string of the molecule is CCCN(CCC)CCn1cnc2c([nH]c3ccccc32)c1=O. The number of benzene rings is 1. The van der Waals surface area contributed by atoms with Crippen LogP contribution in [0.3, 0.4) is 0 Å². The Kier molecular flexibility index (Phi) is 4.76. The van der Waals surface area contributed by atoms with Gasteiger partial charge in [-0.3, -0.25) is 9.36 Å². The van der Waals surface area contributed by atoms with Crippen LogP contribution in [0.15, 0.2) is 35.4 Å². The van der Waals surface area contributed by atoms with Crippen LogP contribution in [0.5, 0.6) is 0 Å². The van der Waals surface area contributed by atoms with Gasteiger partial charge in [-0.1, -0.05) is 32.0 Å². The second-order valence-electron chi connectivity index (χ2n) is 5.98. The van der Waals surface area contributed by atoms with E-state index >= 15 is 0 Å². The van der Waals surface area contributed by atoms with E-state index < -0.39 is 0 Å². The zero-order chi connectivity index (χ0) is 16.2. The molecule has 5 nitrogen and oxygen atoms in total. The van der Waals surface area contributed by atoms with Crippen molar-refractivity contribution in [3.8, 4) is 0 Å². The molecule has 0 saturated heterocycles. The number of rotatable bonds is 7. The standard InChI is InChI=1S/C18H24N4O/c1-3-9-21(10-4-2)11-12-22-13-19-16-14-7-5-6-8-15(14)20-17(16)18(22)23/h5-8,13,20H,3-4,9-12H2,1-2H3. The van der Waals surface area contributed by atoms with Crippen molar-refractivity contribution in [3.63, 3.8) is 0 Å². The number of aromatic amines is 1. The molecule has 0 saturated carbocycles. The highest BCUT2D eigenvalue weighted by Gasteiger charge is 2.11. The summed E-state index contributed by atoms with van der Waals surface area (Å²) in [5.41, 5.74) is 2.34. The average molecular weight is 312 g/mol. The van der Waals surface area contributed by atoms with Crippen LogP contribution in [0, 0.1) is 0 Å². The van der Waals surface area contributed by atoms with Crippen molar-refractivity contribution in [1.29, 1.82) is 0 Å². The lowest BCUT2D eigenvalue weighted by Gasteiger charge is -2.21. The first-order chi connectivity index (χ1) is 11.2. The second-order valence-corrected chi connectivity index (χ2v) is 5.98. The van der Waals surface area contributed by atoms with E-state index in [-0.39, 0.29) is 5.56 Å². The molecule has 0 amide bonds. The van der Waals surface area contributed by atoms with Gasteiger partial charge in [-0.05, 0) is 32.0 Å². The summed E-state index contributed by atoms with van der Waals surface area (Å²) in [7, 11) is 0. The van der Waals surface area contributed by atoms with Crippen LogP contribution in [0.25, 0.3) is 21.9 Å². The lowest BCUT2D eigenvalue weighted by atomic mass is 10.2. The molecule has 0 spiro atoms. The van der Waals surface area contributed by atoms with Gasteiger partial charge in [0, 0.05) is 24.0 Å². The van der Waals surface area contributed by atoms with Crippen molar-refractivity contribution in [2.24, 2.45) is 0 Å². The van der Waals surface area contributed by atoms with E-state index in [2.05, 4.69) is 28.7 Å². The van der Waals surface area contributed by atoms with Crippen LogP contribution in [-0.2, 0) is 6.54 Å². The molecule has 0 aliphatic rings. The molecule has 3 rings (SSSR count).